The number of thioether (sulfide) groups is 1. The molecule has 0 spiro atoms. The minimum atomic E-state index is -1.40. The molecule has 1 aromatic rings. The Balaban J connectivity index is 2.08. The Morgan fingerprint density at radius 1 is 1.08 bits per heavy atom. The van der Waals surface area contributed by atoms with E-state index in [0.717, 1.165) is 5.56 Å². The molecule has 1 fully saturated rings. The van der Waals surface area contributed by atoms with Crippen molar-refractivity contribution >= 4 is 41.4 Å². The lowest BCUT2D eigenvalue weighted by Crippen LogP contribution is -2.57. The van der Waals surface area contributed by atoms with Gasteiger partial charge < -0.3 is 36.6 Å². The summed E-state index contributed by atoms with van der Waals surface area (Å²) in [7, 11) is 0. The van der Waals surface area contributed by atoms with Gasteiger partial charge in [-0.25, -0.2) is 4.79 Å². The van der Waals surface area contributed by atoms with Crippen LogP contribution >= 0.6 is 11.8 Å². The molecule has 1 heterocycles. The molecule has 0 saturated carbocycles. The van der Waals surface area contributed by atoms with E-state index in [1.807, 2.05) is 6.26 Å². The van der Waals surface area contributed by atoms with Crippen LogP contribution in [0.15, 0.2) is 24.3 Å². The zero-order chi connectivity index (χ0) is 27.5. The standard InChI is InChI=1S/C24H34N4O8S/c1-37-12-10-17(26-21(32)16(25)13-14-4-6-15(29)7-5-14)23(34)28-11-2-3-19(28)22(33)27-18(24(35)36)8-9-20(30)31/h4-7,16-19,29H,2-3,8-13,25H2,1H3,(H,26,32)(H,27,33)(H,30,31)(H,35,36). The molecule has 1 aliphatic heterocycles. The first-order chi connectivity index (χ1) is 17.5. The molecule has 4 atom stereocenters. The molecule has 0 aliphatic carbocycles. The van der Waals surface area contributed by atoms with Crippen LogP contribution < -0.4 is 16.4 Å². The van der Waals surface area contributed by atoms with Gasteiger partial charge in [0.25, 0.3) is 0 Å². The maximum atomic E-state index is 13.4. The second-order valence-corrected chi connectivity index (χ2v) is 9.83. The highest BCUT2D eigenvalue weighted by Crippen LogP contribution is 2.20. The fourth-order valence-electron chi connectivity index (χ4n) is 4.05. The smallest absolute Gasteiger partial charge is 0.326 e. The molecular weight excluding hydrogens is 504 g/mol. The van der Waals surface area contributed by atoms with Gasteiger partial charge in [-0.1, -0.05) is 12.1 Å². The maximum Gasteiger partial charge on any atom is 0.326 e. The van der Waals surface area contributed by atoms with Crippen molar-refractivity contribution in [1.29, 1.82) is 0 Å². The van der Waals surface area contributed by atoms with Crippen LogP contribution in [0.25, 0.3) is 0 Å². The van der Waals surface area contributed by atoms with Crippen LogP contribution in [-0.2, 0) is 30.4 Å². The van der Waals surface area contributed by atoms with Gasteiger partial charge in [-0.2, -0.15) is 11.8 Å². The van der Waals surface area contributed by atoms with Crippen molar-refractivity contribution in [2.75, 3.05) is 18.6 Å². The van der Waals surface area contributed by atoms with Crippen LogP contribution in [-0.4, -0.2) is 92.6 Å². The van der Waals surface area contributed by atoms with Crippen LogP contribution in [0.4, 0.5) is 0 Å². The third-order valence-corrected chi connectivity index (χ3v) is 6.70. The third-order valence-electron chi connectivity index (χ3n) is 6.05. The molecule has 204 valence electrons. The number of likely N-dealkylation sites (tertiary alicyclic amines) is 1. The van der Waals surface area contributed by atoms with Crippen molar-refractivity contribution in [3.63, 3.8) is 0 Å². The molecule has 0 bridgehead atoms. The molecule has 1 aliphatic rings. The molecule has 2 rings (SSSR count). The Labute approximate surface area is 219 Å². The third kappa shape index (κ3) is 9.25. The monoisotopic (exact) mass is 538 g/mol. The SMILES string of the molecule is CSCCC(NC(=O)C(N)Cc1ccc(O)cc1)C(=O)N1CCCC1C(=O)NC(CCC(=O)O)C(=O)O. The molecular formula is C24H34N4O8S. The number of carbonyl (C=O) groups excluding carboxylic acids is 3. The maximum absolute atomic E-state index is 13.4. The summed E-state index contributed by atoms with van der Waals surface area (Å²) in [5, 5.41) is 32.6. The van der Waals surface area contributed by atoms with Crippen LogP contribution in [0.5, 0.6) is 5.75 Å². The summed E-state index contributed by atoms with van der Waals surface area (Å²) in [5.74, 6) is -3.58. The fourth-order valence-corrected chi connectivity index (χ4v) is 4.52. The van der Waals surface area contributed by atoms with Gasteiger partial charge in [-0.15, -0.1) is 0 Å². The second-order valence-electron chi connectivity index (χ2n) is 8.84. The number of amides is 3. The van der Waals surface area contributed by atoms with E-state index in [-0.39, 0.29) is 25.1 Å². The number of carboxylic acid groups (broad SMARTS) is 2. The van der Waals surface area contributed by atoms with Gasteiger partial charge in [0.2, 0.25) is 17.7 Å². The molecule has 1 saturated heterocycles. The van der Waals surface area contributed by atoms with E-state index in [4.69, 9.17) is 10.8 Å². The van der Waals surface area contributed by atoms with Crippen LogP contribution in [0.1, 0.15) is 37.7 Å². The first-order valence-electron chi connectivity index (χ1n) is 11.9. The largest absolute Gasteiger partial charge is 0.508 e. The highest BCUT2D eigenvalue weighted by Gasteiger charge is 2.39. The molecule has 13 heteroatoms. The van der Waals surface area contributed by atoms with E-state index in [0.29, 0.717) is 25.0 Å². The highest BCUT2D eigenvalue weighted by molar-refractivity contribution is 7.98. The van der Waals surface area contributed by atoms with Gasteiger partial charge in [-0.05, 0) is 61.8 Å². The van der Waals surface area contributed by atoms with Crippen molar-refractivity contribution in [3.8, 4) is 5.75 Å². The number of nitrogens with two attached hydrogens (primary N) is 1. The predicted octanol–water partition coefficient (Wildman–Crippen LogP) is -0.0749. The van der Waals surface area contributed by atoms with Crippen molar-refractivity contribution in [2.45, 2.75) is 62.7 Å². The number of aromatic hydroxyl groups is 1. The average molecular weight is 539 g/mol. The van der Waals surface area contributed by atoms with Gasteiger partial charge in [0.05, 0.1) is 6.04 Å². The van der Waals surface area contributed by atoms with Crippen LogP contribution in [0.2, 0.25) is 0 Å². The van der Waals surface area contributed by atoms with E-state index in [9.17, 15) is 34.2 Å². The molecule has 0 aromatic heterocycles. The highest BCUT2D eigenvalue weighted by atomic mass is 32.2. The van der Waals surface area contributed by atoms with Crippen LogP contribution in [0, 0.1) is 0 Å². The Morgan fingerprint density at radius 2 is 1.76 bits per heavy atom. The average Bonchev–Trinajstić information content (AvgIpc) is 3.34. The first-order valence-corrected chi connectivity index (χ1v) is 13.3. The minimum absolute atomic E-state index is 0.0882. The van der Waals surface area contributed by atoms with Crippen molar-refractivity contribution in [1.82, 2.24) is 15.5 Å². The van der Waals surface area contributed by atoms with E-state index in [1.54, 1.807) is 12.1 Å². The van der Waals surface area contributed by atoms with Crippen molar-refractivity contribution in [2.24, 2.45) is 5.73 Å². The summed E-state index contributed by atoms with van der Waals surface area (Å²) in [6.07, 6.45) is 2.46. The number of benzene rings is 1. The number of nitrogens with zero attached hydrogens (tertiary/aromatic N) is 1. The second kappa shape index (κ2) is 14.4. The quantitative estimate of drug-likeness (QED) is 0.186. The Hall–Kier alpha value is -3.32. The number of carboxylic acids is 2. The first kappa shape index (κ1) is 29.9. The fraction of sp³-hybridized carbons (Fsp3) is 0.542. The van der Waals surface area contributed by atoms with Gasteiger partial charge in [0.15, 0.2) is 0 Å². The Kier molecular flexibility index (Phi) is 11.7. The topological polar surface area (TPSA) is 199 Å². The molecule has 3 amide bonds. The number of aliphatic carboxylic acids is 2. The summed E-state index contributed by atoms with van der Waals surface area (Å²) >= 11 is 1.49. The lowest BCUT2D eigenvalue weighted by Gasteiger charge is -2.30. The lowest BCUT2D eigenvalue weighted by atomic mass is 10.0. The number of hydrogen-bond acceptors (Lipinski definition) is 8. The number of nitrogens with one attached hydrogen (secondary N) is 2. The normalized spacial score (nSPS) is 17.5. The van der Waals surface area contributed by atoms with Gasteiger partial charge in [0, 0.05) is 13.0 Å². The summed E-state index contributed by atoms with van der Waals surface area (Å²) in [5.41, 5.74) is 6.80. The van der Waals surface area contributed by atoms with E-state index < -0.39 is 60.2 Å². The number of phenols is 1. The summed E-state index contributed by atoms with van der Waals surface area (Å²) < 4.78 is 0. The van der Waals surface area contributed by atoms with Gasteiger partial charge in [0.1, 0.15) is 23.9 Å². The summed E-state index contributed by atoms with van der Waals surface area (Å²) in [4.78, 5) is 62.7. The molecule has 12 nitrogen and oxygen atoms in total. The molecule has 0 radical (unpaired) electrons. The number of carbonyl (C=O) groups is 5. The summed E-state index contributed by atoms with van der Waals surface area (Å²) in [6.45, 7) is 0.259. The van der Waals surface area contributed by atoms with Crippen LogP contribution in [0.3, 0.4) is 0 Å². The molecule has 1 aromatic carbocycles. The molecule has 7 N–H and O–H groups in total. The van der Waals surface area contributed by atoms with Crippen molar-refractivity contribution < 1.29 is 39.3 Å². The van der Waals surface area contributed by atoms with Gasteiger partial charge in [-0.3, -0.25) is 19.2 Å². The van der Waals surface area contributed by atoms with E-state index in [1.165, 1.54) is 28.8 Å². The van der Waals surface area contributed by atoms with E-state index >= 15 is 0 Å². The predicted molar refractivity (Wildman–Crippen MR) is 136 cm³/mol. The number of hydrogen-bond donors (Lipinski definition) is 6. The van der Waals surface area contributed by atoms with E-state index in [2.05, 4.69) is 10.6 Å². The minimum Gasteiger partial charge on any atom is -0.508 e. The number of phenolic OH excluding ortho intramolecular Hbond substituents is 1. The lowest BCUT2D eigenvalue weighted by molar-refractivity contribution is -0.145. The zero-order valence-electron chi connectivity index (χ0n) is 20.6. The Morgan fingerprint density at radius 3 is 2.35 bits per heavy atom. The van der Waals surface area contributed by atoms with Gasteiger partial charge >= 0.3 is 11.9 Å². The summed E-state index contributed by atoms with van der Waals surface area (Å²) in [6, 6.07) is 2.06. The number of rotatable bonds is 14. The zero-order valence-corrected chi connectivity index (χ0v) is 21.4. The molecule has 4 unspecified atom stereocenters. The molecule has 37 heavy (non-hydrogen) atoms. The Bertz CT molecular complexity index is 974. The van der Waals surface area contributed by atoms with Crippen molar-refractivity contribution in [3.05, 3.63) is 29.8 Å².